The van der Waals surface area contributed by atoms with E-state index in [9.17, 15) is 13.6 Å². The number of nitrogens with one attached hydrogen (secondary N) is 1. The molecular weight excluding hydrogens is 344 g/mol. The SMILES string of the molecule is CN(C)C(=O)CO[C@@H]1CCOC[C@@H]1Nc1ccnc2c(F)cc(F)cc12. The van der Waals surface area contributed by atoms with Crippen molar-refractivity contribution in [3.05, 3.63) is 36.0 Å². The normalized spacial score (nSPS) is 20.2. The van der Waals surface area contributed by atoms with Gasteiger partial charge in [-0.25, -0.2) is 8.78 Å². The molecule has 0 bridgehead atoms. The lowest BCUT2D eigenvalue weighted by Gasteiger charge is -2.33. The number of halogens is 2. The van der Waals surface area contributed by atoms with Crippen LogP contribution in [0.25, 0.3) is 10.9 Å². The zero-order valence-electron chi connectivity index (χ0n) is 14.7. The first-order valence-electron chi connectivity index (χ1n) is 8.35. The summed E-state index contributed by atoms with van der Waals surface area (Å²) in [6, 6.07) is 3.44. The van der Waals surface area contributed by atoms with E-state index in [0.29, 0.717) is 30.7 Å². The van der Waals surface area contributed by atoms with Gasteiger partial charge in [-0.2, -0.15) is 0 Å². The highest BCUT2D eigenvalue weighted by Gasteiger charge is 2.28. The summed E-state index contributed by atoms with van der Waals surface area (Å²) in [6.07, 6.45) is 1.82. The molecule has 1 fully saturated rings. The minimum absolute atomic E-state index is 0.0316. The van der Waals surface area contributed by atoms with Crippen LogP contribution in [-0.2, 0) is 14.3 Å². The highest BCUT2D eigenvalue weighted by Crippen LogP contribution is 2.27. The summed E-state index contributed by atoms with van der Waals surface area (Å²) >= 11 is 0. The fraction of sp³-hybridized carbons (Fsp3) is 0.444. The Bertz CT molecular complexity index is 801. The van der Waals surface area contributed by atoms with Crippen LogP contribution in [-0.4, -0.2) is 61.9 Å². The first kappa shape index (κ1) is 18.5. The van der Waals surface area contributed by atoms with Gasteiger partial charge in [0.05, 0.1) is 18.8 Å². The van der Waals surface area contributed by atoms with Gasteiger partial charge in [0, 0.05) is 44.0 Å². The summed E-state index contributed by atoms with van der Waals surface area (Å²) in [5.41, 5.74) is 0.629. The largest absolute Gasteiger partial charge is 0.379 e. The minimum Gasteiger partial charge on any atom is -0.379 e. The van der Waals surface area contributed by atoms with E-state index in [0.717, 1.165) is 6.07 Å². The number of fused-ring (bicyclic) bond motifs is 1. The predicted octanol–water partition coefficient (Wildman–Crippen LogP) is 2.19. The fourth-order valence-corrected chi connectivity index (χ4v) is 2.86. The standard InChI is InChI=1S/C18H21F2N3O3/c1-23(2)17(24)10-26-16-4-6-25-9-15(16)22-14-3-5-21-18-12(14)7-11(19)8-13(18)20/h3,5,7-8,15-16H,4,6,9-10H2,1-2H3,(H,21,22)/t15-,16+/m0/s1. The first-order chi connectivity index (χ1) is 12.5. The minimum atomic E-state index is -0.715. The van der Waals surface area contributed by atoms with E-state index < -0.39 is 11.6 Å². The van der Waals surface area contributed by atoms with Crippen LogP contribution in [0.5, 0.6) is 0 Å². The van der Waals surface area contributed by atoms with Gasteiger partial charge in [0.15, 0.2) is 5.82 Å². The number of anilines is 1. The fourth-order valence-electron chi connectivity index (χ4n) is 2.86. The number of aromatic nitrogens is 1. The third-order valence-electron chi connectivity index (χ3n) is 4.32. The highest BCUT2D eigenvalue weighted by molar-refractivity contribution is 5.91. The van der Waals surface area contributed by atoms with E-state index in [1.165, 1.54) is 17.2 Å². The van der Waals surface area contributed by atoms with Gasteiger partial charge in [-0.1, -0.05) is 0 Å². The molecule has 140 valence electrons. The van der Waals surface area contributed by atoms with E-state index in [1.54, 1.807) is 20.2 Å². The second kappa shape index (κ2) is 7.92. The van der Waals surface area contributed by atoms with Crippen LogP contribution >= 0.6 is 0 Å². The van der Waals surface area contributed by atoms with Crippen molar-refractivity contribution in [1.29, 1.82) is 0 Å². The van der Waals surface area contributed by atoms with Crippen LogP contribution in [0.15, 0.2) is 24.4 Å². The maximum Gasteiger partial charge on any atom is 0.248 e. The van der Waals surface area contributed by atoms with Gasteiger partial charge in [-0.3, -0.25) is 9.78 Å². The number of pyridine rings is 1. The summed E-state index contributed by atoms with van der Waals surface area (Å²) in [6.45, 7) is 0.859. The molecular formula is C18H21F2N3O3. The number of hydrogen-bond acceptors (Lipinski definition) is 5. The molecule has 1 aromatic carbocycles. The summed E-state index contributed by atoms with van der Waals surface area (Å²) in [5.74, 6) is -1.52. The number of benzene rings is 1. The maximum atomic E-state index is 13.9. The van der Waals surface area contributed by atoms with Crippen molar-refractivity contribution in [1.82, 2.24) is 9.88 Å². The van der Waals surface area contributed by atoms with Gasteiger partial charge in [0.25, 0.3) is 0 Å². The Balaban J connectivity index is 1.80. The van der Waals surface area contributed by atoms with E-state index >= 15 is 0 Å². The molecule has 2 aromatic rings. The summed E-state index contributed by atoms with van der Waals surface area (Å²) in [4.78, 5) is 17.2. The number of amides is 1. The molecule has 0 aliphatic carbocycles. The smallest absolute Gasteiger partial charge is 0.248 e. The van der Waals surface area contributed by atoms with E-state index in [2.05, 4.69) is 10.3 Å². The Morgan fingerprint density at radius 1 is 1.42 bits per heavy atom. The Labute approximate surface area is 150 Å². The van der Waals surface area contributed by atoms with Crippen LogP contribution in [0.2, 0.25) is 0 Å². The molecule has 0 spiro atoms. The molecule has 3 rings (SSSR count). The van der Waals surface area contributed by atoms with Crippen LogP contribution in [0.3, 0.4) is 0 Å². The van der Waals surface area contributed by atoms with E-state index in [4.69, 9.17) is 9.47 Å². The molecule has 2 atom stereocenters. The lowest BCUT2D eigenvalue weighted by Crippen LogP contribution is -2.45. The average Bonchev–Trinajstić information content (AvgIpc) is 2.61. The van der Waals surface area contributed by atoms with E-state index in [-0.39, 0.29) is 30.2 Å². The molecule has 0 unspecified atom stereocenters. The van der Waals surface area contributed by atoms with Crippen molar-refractivity contribution in [2.24, 2.45) is 0 Å². The molecule has 8 heteroatoms. The Hall–Kier alpha value is -2.32. The molecule has 1 amide bonds. The topological polar surface area (TPSA) is 63.7 Å². The first-order valence-corrected chi connectivity index (χ1v) is 8.35. The van der Waals surface area contributed by atoms with Gasteiger partial charge in [-0.05, 0) is 18.6 Å². The maximum absolute atomic E-state index is 13.9. The van der Waals surface area contributed by atoms with Crippen LogP contribution in [0.4, 0.5) is 14.5 Å². The van der Waals surface area contributed by atoms with Crippen molar-refractivity contribution in [2.45, 2.75) is 18.6 Å². The third kappa shape index (κ3) is 4.08. The predicted molar refractivity (Wildman–Crippen MR) is 92.9 cm³/mol. The molecule has 2 heterocycles. The van der Waals surface area contributed by atoms with Gasteiger partial charge < -0.3 is 19.7 Å². The van der Waals surface area contributed by atoms with Crippen LogP contribution in [0.1, 0.15) is 6.42 Å². The highest BCUT2D eigenvalue weighted by atomic mass is 19.1. The molecule has 6 nitrogen and oxygen atoms in total. The monoisotopic (exact) mass is 365 g/mol. The number of carbonyl (C=O) groups is 1. The van der Waals surface area contributed by atoms with Crippen molar-refractivity contribution in [2.75, 3.05) is 39.2 Å². The summed E-state index contributed by atoms with van der Waals surface area (Å²) in [5, 5.41) is 3.58. The molecule has 0 saturated carbocycles. The Morgan fingerprint density at radius 2 is 2.23 bits per heavy atom. The number of carbonyl (C=O) groups excluding carboxylic acids is 1. The molecule has 0 radical (unpaired) electrons. The van der Waals surface area contributed by atoms with Crippen molar-refractivity contribution in [3.8, 4) is 0 Å². The lowest BCUT2D eigenvalue weighted by atomic mass is 10.1. The third-order valence-corrected chi connectivity index (χ3v) is 4.32. The zero-order valence-corrected chi connectivity index (χ0v) is 14.7. The second-order valence-electron chi connectivity index (χ2n) is 6.39. The summed E-state index contributed by atoms with van der Waals surface area (Å²) < 4.78 is 38.8. The average molecular weight is 365 g/mol. The van der Waals surface area contributed by atoms with Gasteiger partial charge in [0.1, 0.15) is 17.9 Å². The number of nitrogens with zero attached hydrogens (tertiary/aromatic N) is 2. The molecule has 1 aliphatic rings. The lowest BCUT2D eigenvalue weighted by molar-refractivity contribution is -0.138. The molecule has 1 N–H and O–H groups in total. The van der Waals surface area contributed by atoms with Crippen LogP contribution < -0.4 is 5.32 Å². The van der Waals surface area contributed by atoms with Gasteiger partial charge in [0.2, 0.25) is 5.91 Å². The van der Waals surface area contributed by atoms with Crippen molar-refractivity contribution in [3.63, 3.8) is 0 Å². The van der Waals surface area contributed by atoms with E-state index in [1.807, 2.05) is 0 Å². The molecule has 1 aliphatic heterocycles. The van der Waals surface area contributed by atoms with Crippen LogP contribution in [0, 0.1) is 11.6 Å². The molecule has 1 aromatic heterocycles. The number of ether oxygens (including phenoxy) is 2. The summed E-state index contributed by atoms with van der Waals surface area (Å²) in [7, 11) is 3.33. The molecule has 26 heavy (non-hydrogen) atoms. The Morgan fingerprint density at radius 3 is 3.00 bits per heavy atom. The zero-order chi connectivity index (χ0) is 18.7. The van der Waals surface area contributed by atoms with Crippen molar-refractivity contribution < 1.29 is 23.0 Å². The van der Waals surface area contributed by atoms with Gasteiger partial charge in [-0.15, -0.1) is 0 Å². The number of hydrogen-bond donors (Lipinski definition) is 1. The Kier molecular flexibility index (Phi) is 5.63. The number of likely N-dealkylation sites (N-methyl/N-ethyl adjacent to an activating group) is 1. The van der Waals surface area contributed by atoms with Gasteiger partial charge >= 0.3 is 0 Å². The van der Waals surface area contributed by atoms with Crippen molar-refractivity contribution >= 4 is 22.5 Å². The molecule has 1 saturated heterocycles. The number of rotatable bonds is 5. The second-order valence-corrected chi connectivity index (χ2v) is 6.39. The quantitative estimate of drug-likeness (QED) is 0.880.